The van der Waals surface area contributed by atoms with Crippen LogP contribution >= 0.6 is 0 Å². The predicted octanol–water partition coefficient (Wildman–Crippen LogP) is 2.14. The Morgan fingerprint density at radius 1 is 1.29 bits per heavy atom. The van der Waals surface area contributed by atoms with Gasteiger partial charge in [-0.05, 0) is 25.5 Å². The Hall–Kier alpha value is -1.06. The summed E-state index contributed by atoms with van der Waals surface area (Å²) >= 11 is 0. The largest absolute Gasteiger partial charge is 0.507 e. The number of aryl methyl sites for hydroxylation is 1. The molecule has 1 N–H and O–H groups in total. The molecule has 0 saturated carbocycles. The zero-order valence-electron chi connectivity index (χ0n) is 8.19. The molecule has 0 bridgehead atoms. The van der Waals surface area contributed by atoms with Crippen molar-refractivity contribution in [2.24, 2.45) is 0 Å². The minimum Gasteiger partial charge on any atom is -0.507 e. The minimum absolute atomic E-state index is 0.238. The summed E-state index contributed by atoms with van der Waals surface area (Å²) in [6.45, 7) is 3.36. The molecule has 1 aliphatic rings. The highest BCUT2D eigenvalue weighted by molar-refractivity contribution is 5.36. The monoisotopic (exact) mass is 194 g/mol. The number of hydrogen-bond donors (Lipinski definition) is 1. The van der Waals surface area contributed by atoms with Crippen LogP contribution in [0.3, 0.4) is 0 Å². The van der Waals surface area contributed by atoms with Crippen molar-refractivity contribution in [2.45, 2.75) is 19.6 Å². The van der Waals surface area contributed by atoms with Crippen molar-refractivity contribution in [1.29, 1.82) is 0 Å². The van der Waals surface area contributed by atoms with Crippen LogP contribution in [0.2, 0.25) is 0 Å². The standard InChI is InChI=1S/C11H14O3/c1-8-3-4-10(12)9(7-8)11-13-5-2-6-14-11/h3-4,7,11-12H,2,5-6H2,1H3. The molecule has 3 nitrogen and oxygen atoms in total. The summed E-state index contributed by atoms with van der Waals surface area (Å²) in [6, 6.07) is 5.43. The SMILES string of the molecule is Cc1ccc(O)c(C2OCCCO2)c1. The first-order valence-electron chi connectivity index (χ1n) is 4.80. The molecular formula is C11H14O3. The Morgan fingerprint density at radius 3 is 2.71 bits per heavy atom. The first-order valence-corrected chi connectivity index (χ1v) is 4.80. The number of benzene rings is 1. The Bertz CT molecular complexity index is 316. The van der Waals surface area contributed by atoms with Gasteiger partial charge in [0.05, 0.1) is 13.2 Å². The lowest BCUT2D eigenvalue weighted by molar-refractivity contribution is -0.183. The molecule has 0 spiro atoms. The summed E-state index contributed by atoms with van der Waals surface area (Å²) in [6.07, 6.45) is 0.520. The summed E-state index contributed by atoms with van der Waals surface area (Å²) < 4.78 is 10.8. The number of aromatic hydroxyl groups is 1. The number of phenols is 1. The number of rotatable bonds is 1. The number of hydrogen-bond acceptors (Lipinski definition) is 3. The van der Waals surface area contributed by atoms with Crippen LogP contribution in [-0.4, -0.2) is 18.3 Å². The third kappa shape index (κ3) is 1.89. The maximum Gasteiger partial charge on any atom is 0.187 e. The summed E-state index contributed by atoms with van der Waals surface area (Å²) in [4.78, 5) is 0. The van der Waals surface area contributed by atoms with E-state index in [1.165, 1.54) is 0 Å². The van der Waals surface area contributed by atoms with E-state index < -0.39 is 6.29 Å². The van der Waals surface area contributed by atoms with Gasteiger partial charge in [0, 0.05) is 5.56 Å². The average Bonchev–Trinajstić information content (AvgIpc) is 2.23. The van der Waals surface area contributed by atoms with E-state index in [4.69, 9.17) is 9.47 Å². The van der Waals surface area contributed by atoms with Crippen LogP contribution in [-0.2, 0) is 9.47 Å². The molecule has 1 saturated heterocycles. The molecule has 0 atom stereocenters. The van der Waals surface area contributed by atoms with Gasteiger partial charge in [0.1, 0.15) is 5.75 Å². The van der Waals surface area contributed by atoms with E-state index in [-0.39, 0.29) is 5.75 Å². The molecule has 1 fully saturated rings. The van der Waals surface area contributed by atoms with E-state index in [0.29, 0.717) is 13.2 Å². The third-order valence-electron chi connectivity index (χ3n) is 2.26. The van der Waals surface area contributed by atoms with Crippen LogP contribution in [0.1, 0.15) is 23.8 Å². The first-order chi connectivity index (χ1) is 6.77. The molecule has 0 unspecified atom stereocenters. The quantitative estimate of drug-likeness (QED) is 0.744. The molecule has 76 valence electrons. The van der Waals surface area contributed by atoms with E-state index in [2.05, 4.69) is 0 Å². The normalized spacial score (nSPS) is 18.4. The van der Waals surface area contributed by atoms with E-state index in [0.717, 1.165) is 17.5 Å². The van der Waals surface area contributed by atoms with Crippen molar-refractivity contribution < 1.29 is 14.6 Å². The third-order valence-corrected chi connectivity index (χ3v) is 2.26. The molecule has 1 aliphatic heterocycles. The fourth-order valence-corrected chi connectivity index (χ4v) is 1.53. The zero-order chi connectivity index (χ0) is 9.97. The second-order valence-corrected chi connectivity index (χ2v) is 3.49. The highest BCUT2D eigenvalue weighted by Gasteiger charge is 2.19. The van der Waals surface area contributed by atoms with Crippen LogP contribution < -0.4 is 0 Å². The van der Waals surface area contributed by atoms with E-state index in [1.54, 1.807) is 6.07 Å². The Labute approximate surface area is 83.3 Å². The van der Waals surface area contributed by atoms with Gasteiger partial charge in [-0.2, -0.15) is 0 Å². The van der Waals surface area contributed by atoms with Crippen LogP contribution in [0.4, 0.5) is 0 Å². The van der Waals surface area contributed by atoms with Crippen molar-refractivity contribution in [3.63, 3.8) is 0 Å². The molecule has 2 rings (SSSR count). The second kappa shape index (κ2) is 3.98. The number of phenolic OH excluding ortho intramolecular Hbond substituents is 1. The van der Waals surface area contributed by atoms with Crippen LogP contribution in [0.15, 0.2) is 18.2 Å². The highest BCUT2D eigenvalue weighted by Crippen LogP contribution is 2.30. The van der Waals surface area contributed by atoms with Crippen molar-refractivity contribution in [3.05, 3.63) is 29.3 Å². The average molecular weight is 194 g/mol. The lowest BCUT2D eigenvalue weighted by Gasteiger charge is -2.24. The maximum atomic E-state index is 9.63. The molecule has 0 amide bonds. The fraction of sp³-hybridized carbons (Fsp3) is 0.455. The Morgan fingerprint density at radius 2 is 2.00 bits per heavy atom. The summed E-state index contributed by atoms with van der Waals surface area (Å²) in [5, 5.41) is 9.63. The smallest absolute Gasteiger partial charge is 0.187 e. The van der Waals surface area contributed by atoms with Gasteiger partial charge in [-0.25, -0.2) is 0 Å². The second-order valence-electron chi connectivity index (χ2n) is 3.49. The molecule has 1 aromatic carbocycles. The molecule has 1 heterocycles. The lowest BCUT2D eigenvalue weighted by Crippen LogP contribution is -2.17. The van der Waals surface area contributed by atoms with Crippen LogP contribution in [0.25, 0.3) is 0 Å². The zero-order valence-corrected chi connectivity index (χ0v) is 8.19. The van der Waals surface area contributed by atoms with Gasteiger partial charge in [-0.15, -0.1) is 0 Å². The molecule has 0 aromatic heterocycles. The first kappa shape index (κ1) is 9.49. The predicted molar refractivity (Wildman–Crippen MR) is 52.1 cm³/mol. The number of ether oxygens (including phenoxy) is 2. The minimum atomic E-state index is -0.399. The van der Waals surface area contributed by atoms with Gasteiger partial charge in [0.15, 0.2) is 6.29 Å². The van der Waals surface area contributed by atoms with Gasteiger partial charge in [0.2, 0.25) is 0 Å². The molecule has 0 radical (unpaired) electrons. The fourth-order valence-electron chi connectivity index (χ4n) is 1.53. The van der Waals surface area contributed by atoms with Crippen molar-refractivity contribution in [2.75, 3.05) is 13.2 Å². The summed E-state index contributed by atoms with van der Waals surface area (Å²) in [5.74, 6) is 0.238. The van der Waals surface area contributed by atoms with Gasteiger partial charge in [-0.1, -0.05) is 11.6 Å². The Balaban J connectivity index is 2.24. The van der Waals surface area contributed by atoms with Crippen molar-refractivity contribution in [1.82, 2.24) is 0 Å². The molecule has 1 aromatic rings. The van der Waals surface area contributed by atoms with Gasteiger partial charge in [-0.3, -0.25) is 0 Å². The topological polar surface area (TPSA) is 38.7 Å². The van der Waals surface area contributed by atoms with Gasteiger partial charge >= 0.3 is 0 Å². The molecule has 3 heteroatoms. The van der Waals surface area contributed by atoms with E-state index in [1.807, 2.05) is 19.1 Å². The van der Waals surface area contributed by atoms with Crippen molar-refractivity contribution in [3.8, 4) is 5.75 Å². The Kier molecular flexibility index (Phi) is 2.70. The highest BCUT2D eigenvalue weighted by atomic mass is 16.7. The van der Waals surface area contributed by atoms with Gasteiger partial charge in [0.25, 0.3) is 0 Å². The van der Waals surface area contributed by atoms with Crippen LogP contribution in [0, 0.1) is 6.92 Å². The molecular weight excluding hydrogens is 180 g/mol. The van der Waals surface area contributed by atoms with E-state index >= 15 is 0 Å². The summed E-state index contributed by atoms with van der Waals surface area (Å²) in [7, 11) is 0. The van der Waals surface area contributed by atoms with E-state index in [9.17, 15) is 5.11 Å². The molecule has 0 aliphatic carbocycles. The van der Waals surface area contributed by atoms with Crippen molar-refractivity contribution >= 4 is 0 Å². The van der Waals surface area contributed by atoms with Crippen LogP contribution in [0.5, 0.6) is 5.75 Å². The summed E-state index contributed by atoms with van der Waals surface area (Å²) in [5.41, 5.74) is 1.82. The lowest BCUT2D eigenvalue weighted by atomic mass is 10.1. The van der Waals surface area contributed by atoms with Gasteiger partial charge < -0.3 is 14.6 Å². The maximum absolute atomic E-state index is 9.63. The molecule has 14 heavy (non-hydrogen) atoms.